The minimum absolute atomic E-state index is 0.0364. The molecule has 1 heterocycles. The number of ether oxygens (including phenoxy) is 1. The van der Waals surface area contributed by atoms with Gasteiger partial charge in [-0.3, -0.25) is 4.79 Å². The van der Waals surface area contributed by atoms with Crippen molar-refractivity contribution >= 4 is 11.6 Å². The van der Waals surface area contributed by atoms with Crippen molar-refractivity contribution in [3.63, 3.8) is 0 Å². The second kappa shape index (κ2) is 10.7. The molecule has 0 fully saturated rings. The first-order chi connectivity index (χ1) is 15.4. The van der Waals surface area contributed by atoms with Crippen LogP contribution < -0.4 is 15.4 Å². The van der Waals surface area contributed by atoms with Gasteiger partial charge in [0.2, 0.25) is 17.5 Å². The van der Waals surface area contributed by atoms with E-state index in [0.717, 1.165) is 25.1 Å². The molecule has 0 aliphatic rings. The van der Waals surface area contributed by atoms with Crippen molar-refractivity contribution in [2.45, 2.75) is 33.1 Å². The zero-order valence-electron chi connectivity index (χ0n) is 18.3. The molecule has 168 valence electrons. The molecule has 7 heteroatoms. The van der Waals surface area contributed by atoms with Crippen LogP contribution in [0.5, 0.6) is 11.6 Å². The van der Waals surface area contributed by atoms with Crippen molar-refractivity contribution < 1.29 is 18.3 Å². The molecule has 0 aliphatic heterocycles. The van der Waals surface area contributed by atoms with E-state index in [1.54, 1.807) is 0 Å². The molecular formula is C25H27F2N3O2. The Morgan fingerprint density at radius 2 is 1.84 bits per heavy atom. The molecule has 2 aromatic carbocycles. The molecule has 0 radical (unpaired) electrons. The van der Waals surface area contributed by atoms with Gasteiger partial charge in [-0.2, -0.15) is 0 Å². The summed E-state index contributed by atoms with van der Waals surface area (Å²) >= 11 is 0. The SMILES string of the molecule is CCCCN(CCc1cc(F)c(Oc2ccc(C(N)=O)cn2)c(F)c1)c1cccc(C)c1. The number of halogens is 2. The van der Waals surface area contributed by atoms with Gasteiger partial charge in [0.25, 0.3) is 0 Å². The number of aryl methyl sites for hydroxylation is 1. The van der Waals surface area contributed by atoms with Crippen LogP contribution in [0.2, 0.25) is 0 Å². The summed E-state index contributed by atoms with van der Waals surface area (Å²) in [5.74, 6) is -2.84. The average Bonchev–Trinajstić information content (AvgIpc) is 2.76. The highest BCUT2D eigenvalue weighted by atomic mass is 19.1. The van der Waals surface area contributed by atoms with Crippen molar-refractivity contribution in [3.8, 4) is 11.6 Å². The Morgan fingerprint density at radius 1 is 1.09 bits per heavy atom. The van der Waals surface area contributed by atoms with Crippen molar-refractivity contribution in [2.24, 2.45) is 5.73 Å². The summed E-state index contributed by atoms with van der Waals surface area (Å²) in [7, 11) is 0. The maximum Gasteiger partial charge on any atom is 0.250 e. The number of unbranched alkanes of at least 4 members (excludes halogenated alkanes) is 1. The Labute approximate surface area is 186 Å². The number of rotatable bonds is 10. The topological polar surface area (TPSA) is 68.5 Å². The molecule has 1 amide bonds. The summed E-state index contributed by atoms with van der Waals surface area (Å²) in [6, 6.07) is 13.5. The van der Waals surface area contributed by atoms with E-state index in [0.29, 0.717) is 18.5 Å². The number of hydrogen-bond donors (Lipinski definition) is 1. The number of carbonyl (C=O) groups excluding carboxylic acids is 1. The van der Waals surface area contributed by atoms with Crippen LogP contribution in [0.1, 0.15) is 41.3 Å². The fraction of sp³-hybridized carbons (Fsp3) is 0.280. The summed E-state index contributed by atoms with van der Waals surface area (Å²) in [6.07, 6.45) is 3.77. The summed E-state index contributed by atoms with van der Waals surface area (Å²) in [6.45, 7) is 5.69. The Hall–Kier alpha value is -3.48. The average molecular weight is 440 g/mol. The Morgan fingerprint density at radius 3 is 2.44 bits per heavy atom. The second-order valence-corrected chi connectivity index (χ2v) is 7.67. The number of anilines is 1. The van der Waals surface area contributed by atoms with E-state index in [9.17, 15) is 13.6 Å². The number of primary amides is 1. The first-order valence-corrected chi connectivity index (χ1v) is 10.6. The Kier molecular flexibility index (Phi) is 7.76. The van der Waals surface area contributed by atoms with Crippen LogP contribution in [-0.4, -0.2) is 24.0 Å². The van der Waals surface area contributed by atoms with E-state index < -0.39 is 23.3 Å². The molecular weight excluding hydrogens is 412 g/mol. The van der Waals surface area contributed by atoms with E-state index in [4.69, 9.17) is 10.5 Å². The zero-order chi connectivity index (χ0) is 23.1. The van der Waals surface area contributed by atoms with Crippen molar-refractivity contribution in [1.29, 1.82) is 0 Å². The number of nitrogens with zero attached hydrogens (tertiary/aromatic N) is 2. The molecule has 2 N–H and O–H groups in total. The maximum atomic E-state index is 14.6. The Balaban J connectivity index is 1.72. The normalized spacial score (nSPS) is 10.8. The fourth-order valence-corrected chi connectivity index (χ4v) is 3.35. The van der Waals surface area contributed by atoms with Crippen LogP contribution in [-0.2, 0) is 6.42 Å². The Bertz CT molecular complexity index is 1050. The minimum Gasteiger partial charge on any atom is -0.433 e. The van der Waals surface area contributed by atoms with Crippen LogP contribution in [0.15, 0.2) is 54.7 Å². The number of aromatic nitrogens is 1. The second-order valence-electron chi connectivity index (χ2n) is 7.67. The number of carbonyl (C=O) groups is 1. The van der Waals surface area contributed by atoms with E-state index in [1.165, 1.54) is 36.0 Å². The van der Waals surface area contributed by atoms with E-state index in [1.807, 2.05) is 19.1 Å². The molecule has 3 rings (SSSR count). The summed E-state index contributed by atoms with van der Waals surface area (Å²) in [4.78, 5) is 17.2. The molecule has 1 aromatic heterocycles. The predicted molar refractivity (Wildman–Crippen MR) is 121 cm³/mol. The highest BCUT2D eigenvalue weighted by Crippen LogP contribution is 2.28. The molecule has 0 aliphatic carbocycles. The van der Waals surface area contributed by atoms with Gasteiger partial charge in [0, 0.05) is 31.0 Å². The van der Waals surface area contributed by atoms with Gasteiger partial charge in [0.1, 0.15) is 0 Å². The van der Waals surface area contributed by atoms with Crippen LogP contribution in [0, 0.1) is 18.6 Å². The molecule has 32 heavy (non-hydrogen) atoms. The number of hydrogen-bond acceptors (Lipinski definition) is 4. The summed E-state index contributed by atoms with van der Waals surface area (Å²) in [5, 5.41) is 0. The third-order valence-corrected chi connectivity index (χ3v) is 5.10. The van der Waals surface area contributed by atoms with Crippen LogP contribution >= 0.6 is 0 Å². The maximum absolute atomic E-state index is 14.6. The molecule has 0 atom stereocenters. The van der Waals surface area contributed by atoms with E-state index in [-0.39, 0.29) is 11.4 Å². The minimum atomic E-state index is -0.809. The van der Waals surface area contributed by atoms with Crippen LogP contribution in [0.4, 0.5) is 14.5 Å². The van der Waals surface area contributed by atoms with Gasteiger partial charge in [-0.25, -0.2) is 13.8 Å². The molecule has 0 unspecified atom stereocenters. The predicted octanol–water partition coefficient (Wildman–Crippen LogP) is 5.41. The first-order valence-electron chi connectivity index (χ1n) is 10.6. The van der Waals surface area contributed by atoms with Crippen molar-refractivity contribution in [1.82, 2.24) is 4.98 Å². The van der Waals surface area contributed by atoms with E-state index >= 15 is 0 Å². The quantitative estimate of drug-likeness (QED) is 0.459. The monoisotopic (exact) mass is 439 g/mol. The smallest absolute Gasteiger partial charge is 0.250 e. The molecule has 3 aromatic rings. The van der Waals surface area contributed by atoms with Crippen molar-refractivity contribution in [3.05, 3.63) is 83.1 Å². The molecule has 0 saturated heterocycles. The number of benzene rings is 2. The molecule has 0 bridgehead atoms. The molecule has 0 spiro atoms. The number of pyridine rings is 1. The summed E-state index contributed by atoms with van der Waals surface area (Å²) < 4.78 is 34.5. The van der Waals surface area contributed by atoms with Crippen LogP contribution in [0.25, 0.3) is 0 Å². The lowest BCUT2D eigenvalue weighted by Gasteiger charge is -2.25. The van der Waals surface area contributed by atoms with Gasteiger partial charge < -0.3 is 15.4 Å². The van der Waals surface area contributed by atoms with Gasteiger partial charge >= 0.3 is 0 Å². The lowest BCUT2D eigenvalue weighted by atomic mass is 10.1. The van der Waals surface area contributed by atoms with Crippen LogP contribution in [0.3, 0.4) is 0 Å². The first kappa shape index (κ1) is 23.2. The van der Waals surface area contributed by atoms with E-state index in [2.05, 4.69) is 28.9 Å². The van der Waals surface area contributed by atoms with Crippen molar-refractivity contribution in [2.75, 3.05) is 18.0 Å². The third-order valence-electron chi connectivity index (χ3n) is 5.10. The van der Waals surface area contributed by atoms with Gasteiger partial charge in [0.05, 0.1) is 5.56 Å². The largest absolute Gasteiger partial charge is 0.433 e. The number of nitrogens with two attached hydrogens (primary N) is 1. The standard InChI is InChI=1S/C25H27F2N3O2/c1-3-4-11-30(20-7-5-6-17(2)13-20)12-10-18-14-21(26)24(22(27)15-18)32-23-9-8-19(16-29-23)25(28)31/h5-9,13-16H,3-4,10-12H2,1-2H3,(H2,28,31). The lowest BCUT2D eigenvalue weighted by Crippen LogP contribution is -2.27. The van der Waals surface area contributed by atoms with Gasteiger partial charge in [-0.15, -0.1) is 0 Å². The molecule has 5 nitrogen and oxygen atoms in total. The highest BCUT2D eigenvalue weighted by Gasteiger charge is 2.16. The summed E-state index contributed by atoms with van der Waals surface area (Å²) in [5.41, 5.74) is 8.14. The lowest BCUT2D eigenvalue weighted by molar-refractivity contribution is 0.1000. The van der Waals surface area contributed by atoms with Gasteiger partial charge in [0.15, 0.2) is 11.6 Å². The van der Waals surface area contributed by atoms with Gasteiger partial charge in [-0.1, -0.05) is 25.5 Å². The highest BCUT2D eigenvalue weighted by molar-refractivity contribution is 5.92. The number of amides is 1. The van der Waals surface area contributed by atoms with Gasteiger partial charge in [-0.05, 0) is 61.2 Å². The third kappa shape index (κ3) is 6.03. The zero-order valence-corrected chi connectivity index (χ0v) is 18.3. The molecule has 0 saturated carbocycles. The fourth-order valence-electron chi connectivity index (χ4n) is 3.35.